The summed E-state index contributed by atoms with van der Waals surface area (Å²) in [6, 6.07) is 7.29. The molecule has 0 aromatic heterocycles. The van der Waals surface area contributed by atoms with Crippen molar-refractivity contribution in [3.05, 3.63) is 40.3 Å². The molecule has 0 aliphatic rings. The van der Waals surface area contributed by atoms with Crippen LogP contribution in [0.3, 0.4) is 0 Å². The summed E-state index contributed by atoms with van der Waals surface area (Å²) in [5.41, 5.74) is 8.93. The van der Waals surface area contributed by atoms with Crippen molar-refractivity contribution < 1.29 is 9.84 Å². The van der Waals surface area contributed by atoms with Crippen molar-refractivity contribution >= 4 is 0 Å². The molecule has 5 nitrogen and oxygen atoms in total. The van der Waals surface area contributed by atoms with Crippen molar-refractivity contribution in [1.29, 1.82) is 0 Å². The normalized spacial score (nSPS) is 12.0. The minimum Gasteiger partial charge on any atom is -0.491 e. The third-order valence-corrected chi connectivity index (χ3v) is 2.20. The van der Waals surface area contributed by atoms with E-state index in [1.165, 1.54) is 0 Å². The van der Waals surface area contributed by atoms with Gasteiger partial charge in [-0.1, -0.05) is 17.2 Å². The molecule has 1 rings (SSSR count). The highest BCUT2D eigenvalue weighted by molar-refractivity contribution is 5.28. The van der Waals surface area contributed by atoms with Crippen LogP contribution in [0.5, 0.6) is 5.75 Å². The van der Waals surface area contributed by atoms with Crippen molar-refractivity contribution in [3.8, 4) is 5.75 Å². The molecule has 1 N–H and O–H groups in total. The number of nitrogens with zero attached hydrogens (tertiary/aromatic N) is 3. The van der Waals surface area contributed by atoms with Gasteiger partial charge in [-0.2, -0.15) is 0 Å². The van der Waals surface area contributed by atoms with Crippen molar-refractivity contribution in [3.63, 3.8) is 0 Å². The molecule has 1 unspecified atom stereocenters. The van der Waals surface area contributed by atoms with Crippen molar-refractivity contribution in [2.24, 2.45) is 5.11 Å². The van der Waals surface area contributed by atoms with Gasteiger partial charge in [0.15, 0.2) is 0 Å². The van der Waals surface area contributed by atoms with Crippen molar-refractivity contribution in [2.75, 3.05) is 6.54 Å². The summed E-state index contributed by atoms with van der Waals surface area (Å²) >= 11 is 0. The highest BCUT2D eigenvalue weighted by Gasteiger charge is 2.07. The van der Waals surface area contributed by atoms with Gasteiger partial charge in [-0.3, -0.25) is 0 Å². The highest BCUT2D eigenvalue weighted by Crippen LogP contribution is 2.20. The van der Waals surface area contributed by atoms with Gasteiger partial charge >= 0.3 is 0 Å². The van der Waals surface area contributed by atoms with E-state index >= 15 is 0 Å². The number of benzene rings is 1. The Balaban J connectivity index is 2.57. The molecule has 1 aromatic rings. The molecule has 0 fully saturated rings. The molecule has 0 aliphatic carbocycles. The molecule has 0 amide bonds. The second-order valence-corrected chi connectivity index (χ2v) is 3.99. The molecule has 0 aliphatic heterocycles. The van der Waals surface area contributed by atoms with Crippen LogP contribution in [0.2, 0.25) is 0 Å². The molecule has 92 valence electrons. The molecule has 0 spiro atoms. The Morgan fingerprint density at radius 3 is 2.53 bits per heavy atom. The number of aliphatic hydroxyl groups is 1. The summed E-state index contributed by atoms with van der Waals surface area (Å²) in [7, 11) is 0. The second kappa shape index (κ2) is 6.78. The minimum atomic E-state index is -0.603. The van der Waals surface area contributed by atoms with Gasteiger partial charge in [-0.15, -0.1) is 0 Å². The van der Waals surface area contributed by atoms with E-state index in [-0.39, 0.29) is 6.10 Å². The Morgan fingerprint density at radius 1 is 1.35 bits per heavy atom. The topological polar surface area (TPSA) is 78.2 Å². The average Bonchev–Trinajstić information content (AvgIpc) is 2.29. The van der Waals surface area contributed by atoms with Crippen LogP contribution in [-0.4, -0.2) is 17.8 Å². The first-order valence-electron chi connectivity index (χ1n) is 5.59. The molecule has 5 heteroatoms. The zero-order valence-corrected chi connectivity index (χ0v) is 10.1. The number of hydrogen-bond acceptors (Lipinski definition) is 3. The molecule has 0 heterocycles. The predicted octanol–water partition coefficient (Wildman–Crippen LogP) is 3.21. The predicted molar refractivity (Wildman–Crippen MR) is 65.8 cm³/mol. The van der Waals surface area contributed by atoms with Gasteiger partial charge in [0, 0.05) is 11.5 Å². The summed E-state index contributed by atoms with van der Waals surface area (Å²) in [6.45, 7) is 4.22. The zero-order valence-electron chi connectivity index (χ0n) is 10.1. The van der Waals surface area contributed by atoms with E-state index in [1.807, 2.05) is 38.1 Å². The van der Waals surface area contributed by atoms with Gasteiger partial charge in [-0.25, -0.2) is 0 Å². The summed E-state index contributed by atoms with van der Waals surface area (Å²) in [6.07, 6.45) is -0.0432. The number of ether oxygens (including phenoxy) is 1. The Bertz CT molecular complexity index is 383. The fourth-order valence-corrected chi connectivity index (χ4v) is 1.43. The number of hydrogen-bond donors (Lipinski definition) is 1. The Morgan fingerprint density at radius 2 is 2.00 bits per heavy atom. The molecule has 17 heavy (non-hydrogen) atoms. The van der Waals surface area contributed by atoms with Gasteiger partial charge < -0.3 is 9.84 Å². The monoisotopic (exact) mass is 235 g/mol. The molecule has 0 bridgehead atoms. The lowest BCUT2D eigenvalue weighted by molar-refractivity contribution is 0.170. The van der Waals surface area contributed by atoms with E-state index in [0.29, 0.717) is 13.0 Å². The van der Waals surface area contributed by atoms with Gasteiger partial charge in [0.1, 0.15) is 5.75 Å². The second-order valence-electron chi connectivity index (χ2n) is 3.99. The lowest BCUT2D eigenvalue weighted by Crippen LogP contribution is -2.05. The van der Waals surface area contributed by atoms with E-state index < -0.39 is 6.10 Å². The first kappa shape index (κ1) is 13.4. The SMILES string of the molecule is CC(C)Oc1ccc(C(O)CCN=[N+]=[N-])cc1. The van der Waals surface area contributed by atoms with E-state index in [0.717, 1.165) is 11.3 Å². The fourth-order valence-electron chi connectivity index (χ4n) is 1.43. The Labute approximate surface area is 101 Å². The lowest BCUT2D eigenvalue weighted by Gasteiger charge is -2.12. The lowest BCUT2D eigenvalue weighted by atomic mass is 10.1. The molecular weight excluding hydrogens is 218 g/mol. The van der Waals surface area contributed by atoms with E-state index in [1.54, 1.807) is 0 Å². The summed E-state index contributed by atoms with van der Waals surface area (Å²) in [5.74, 6) is 0.783. The number of rotatable bonds is 6. The van der Waals surface area contributed by atoms with Crippen LogP contribution in [0.25, 0.3) is 10.4 Å². The standard InChI is InChI=1S/C12H17N3O2/c1-9(2)17-11-5-3-10(4-6-11)12(16)7-8-14-15-13/h3-6,9,12,16H,7-8H2,1-2H3. The van der Waals surface area contributed by atoms with Crippen LogP contribution in [0.15, 0.2) is 29.4 Å². The van der Waals surface area contributed by atoms with E-state index in [4.69, 9.17) is 10.3 Å². The molecule has 0 saturated heterocycles. The molecular formula is C12H17N3O2. The van der Waals surface area contributed by atoms with Gasteiger partial charge in [0.25, 0.3) is 0 Å². The maximum Gasteiger partial charge on any atom is 0.119 e. The minimum absolute atomic E-state index is 0.135. The maximum atomic E-state index is 9.80. The smallest absolute Gasteiger partial charge is 0.119 e. The number of azide groups is 1. The van der Waals surface area contributed by atoms with Crippen molar-refractivity contribution in [1.82, 2.24) is 0 Å². The Kier molecular flexibility index (Phi) is 5.33. The molecule has 0 radical (unpaired) electrons. The van der Waals surface area contributed by atoms with Gasteiger partial charge in [-0.05, 0) is 43.5 Å². The Hall–Kier alpha value is -1.71. The summed E-state index contributed by atoms with van der Waals surface area (Å²) < 4.78 is 5.50. The van der Waals surface area contributed by atoms with E-state index in [9.17, 15) is 5.11 Å². The van der Waals surface area contributed by atoms with Gasteiger partial charge in [0.2, 0.25) is 0 Å². The first-order valence-corrected chi connectivity index (χ1v) is 5.59. The molecule has 1 aromatic carbocycles. The van der Waals surface area contributed by atoms with E-state index in [2.05, 4.69) is 10.0 Å². The third kappa shape index (κ3) is 4.76. The third-order valence-electron chi connectivity index (χ3n) is 2.20. The van der Waals surface area contributed by atoms with Crippen LogP contribution in [-0.2, 0) is 0 Å². The van der Waals surface area contributed by atoms with Crippen LogP contribution in [0.4, 0.5) is 0 Å². The number of aliphatic hydroxyl groups excluding tert-OH is 1. The zero-order chi connectivity index (χ0) is 12.7. The van der Waals surface area contributed by atoms with Crippen molar-refractivity contribution in [2.45, 2.75) is 32.5 Å². The fraction of sp³-hybridized carbons (Fsp3) is 0.500. The highest BCUT2D eigenvalue weighted by atomic mass is 16.5. The largest absolute Gasteiger partial charge is 0.491 e. The molecule has 1 atom stereocenters. The maximum absolute atomic E-state index is 9.80. The van der Waals surface area contributed by atoms with Crippen LogP contribution in [0.1, 0.15) is 31.9 Å². The van der Waals surface area contributed by atoms with Crippen LogP contribution >= 0.6 is 0 Å². The summed E-state index contributed by atoms with van der Waals surface area (Å²) in [5, 5.41) is 13.2. The molecule has 0 saturated carbocycles. The van der Waals surface area contributed by atoms with Crippen LogP contribution in [0, 0.1) is 0 Å². The first-order chi connectivity index (χ1) is 8.13. The average molecular weight is 235 g/mol. The van der Waals surface area contributed by atoms with Crippen LogP contribution < -0.4 is 4.74 Å². The van der Waals surface area contributed by atoms with Gasteiger partial charge in [0.05, 0.1) is 12.2 Å². The quantitative estimate of drug-likeness (QED) is 0.467. The summed E-state index contributed by atoms with van der Waals surface area (Å²) in [4.78, 5) is 2.64.